The van der Waals surface area contributed by atoms with Crippen molar-refractivity contribution >= 4 is 12.1 Å². The SMILES string of the molecule is NC(CNC(=O)N1CCCC(C(OCCNC(=O)O)c2cc(F)cc(F)c2)C1)CC1CCCCOC1. The molecule has 0 spiro atoms. The summed E-state index contributed by atoms with van der Waals surface area (Å²) < 4.78 is 39.4. The zero-order valence-corrected chi connectivity index (χ0v) is 20.6. The van der Waals surface area contributed by atoms with E-state index < -0.39 is 23.8 Å². The van der Waals surface area contributed by atoms with Crippen molar-refractivity contribution in [3.05, 3.63) is 35.4 Å². The molecular weight excluding hydrogens is 474 g/mol. The second-order valence-electron chi connectivity index (χ2n) is 9.69. The Labute approximate surface area is 210 Å². The van der Waals surface area contributed by atoms with Crippen molar-refractivity contribution in [3.63, 3.8) is 0 Å². The van der Waals surface area contributed by atoms with E-state index in [2.05, 4.69) is 10.6 Å². The quantitative estimate of drug-likeness (QED) is 0.357. The van der Waals surface area contributed by atoms with E-state index in [0.717, 1.165) is 38.4 Å². The summed E-state index contributed by atoms with van der Waals surface area (Å²) in [6.45, 7) is 2.81. The van der Waals surface area contributed by atoms with Crippen LogP contribution in [0.4, 0.5) is 18.4 Å². The van der Waals surface area contributed by atoms with E-state index in [1.165, 1.54) is 12.1 Å². The number of rotatable bonds is 10. The van der Waals surface area contributed by atoms with Gasteiger partial charge in [-0.1, -0.05) is 6.42 Å². The number of piperidine rings is 1. The second-order valence-corrected chi connectivity index (χ2v) is 9.69. The number of nitrogens with two attached hydrogens (primary N) is 1. The largest absolute Gasteiger partial charge is 0.465 e. The van der Waals surface area contributed by atoms with E-state index in [1.54, 1.807) is 4.90 Å². The Balaban J connectivity index is 1.57. The number of hydrogen-bond acceptors (Lipinski definition) is 5. The van der Waals surface area contributed by atoms with E-state index in [9.17, 15) is 18.4 Å². The monoisotopic (exact) mass is 512 g/mol. The Kier molecular flexibility index (Phi) is 11.1. The van der Waals surface area contributed by atoms with E-state index in [1.807, 2.05) is 0 Å². The first-order chi connectivity index (χ1) is 17.3. The summed E-state index contributed by atoms with van der Waals surface area (Å²) in [5, 5.41) is 13.9. The standard InChI is InChI=1S/C25H38F2N4O5/c26-20-11-19(12-21(27)13-20)23(36-9-6-29-25(33)34)18-5-3-7-31(15-18)24(32)30-14-22(28)10-17-4-1-2-8-35-16-17/h11-13,17-18,22-23,29H,1-10,14-16,28H2,(H,30,32)(H,33,34). The van der Waals surface area contributed by atoms with Gasteiger partial charge in [0.1, 0.15) is 11.6 Å². The molecule has 36 heavy (non-hydrogen) atoms. The fraction of sp³-hybridized carbons (Fsp3) is 0.680. The minimum Gasteiger partial charge on any atom is -0.465 e. The van der Waals surface area contributed by atoms with Crippen molar-refractivity contribution in [2.45, 2.75) is 50.7 Å². The summed E-state index contributed by atoms with van der Waals surface area (Å²) in [7, 11) is 0. The molecule has 0 saturated carbocycles. The van der Waals surface area contributed by atoms with Crippen LogP contribution in [0.25, 0.3) is 0 Å². The van der Waals surface area contributed by atoms with Crippen molar-refractivity contribution in [1.29, 1.82) is 0 Å². The predicted molar refractivity (Wildman–Crippen MR) is 130 cm³/mol. The van der Waals surface area contributed by atoms with Gasteiger partial charge in [0, 0.05) is 57.4 Å². The number of benzene rings is 1. The molecule has 3 amide bonds. The highest BCUT2D eigenvalue weighted by Gasteiger charge is 2.32. The van der Waals surface area contributed by atoms with Gasteiger partial charge in [0.15, 0.2) is 0 Å². The second kappa shape index (κ2) is 14.3. The number of carboxylic acid groups (broad SMARTS) is 1. The average molecular weight is 513 g/mol. The number of nitrogens with one attached hydrogen (secondary N) is 2. The number of ether oxygens (including phenoxy) is 2. The van der Waals surface area contributed by atoms with Gasteiger partial charge in [0.25, 0.3) is 0 Å². The minimum absolute atomic E-state index is 0.0253. The maximum absolute atomic E-state index is 13.9. The van der Waals surface area contributed by atoms with Gasteiger partial charge in [0.2, 0.25) is 0 Å². The molecule has 5 N–H and O–H groups in total. The fourth-order valence-corrected chi connectivity index (χ4v) is 5.03. The van der Waals surface area contributed by atoms with Gasteiger partial charge in [-0.2, -0.15) is 0 Å². The van der Waals surface area contributed by atoms with Crippen LogP contribution in [0.5, 0.6) is 0 Å². The number of carbonyl (C=O) groups is 2. The van der Waals surface area contributed by atoms with Gasteiger partial charge < -0.3 is 35.8 Å². The Hall–Kier alpha value is -2.50. The van der Waals surface area contributed by atoms with Crippen LogP contribution in [0.3, 0.4) is 0 Å². The molecular formula is C25H38F2N4O5. The zero-order valence-electron chi connectivity index (χ0n) is 20.6. The summed E-state index contributed by atoms with van der Waals surface area (Å²) in [5.74, 6) is -1.26. The molecule has 11 heteroatoms. The smallest absolute Gasteiger partial charge is 0.404 e. The summed E-state index contributed by atoms with van der Waals surface area (Å²) in [6.07, 6.45) is 3.59. The number of hydrogen-bond donors (Lipinski definition) is 4. The van der Waals surface area contributed by atoms with Gasteiger partial charge in [-0.25, -0.2) is 18.4 Å². The number of amides is 3. The van der Waals surface area contributed by atoms with Crippen LogP contribution in [0.2, 0.25) is 0 Å². The minimum atomic E-state index is -1.18. The maximum Gasteiger partial charge on any atom is 0.404 e. The summed E-state index contributed by atoms with van der Waals surface area (Å²) in [5.41, 5.74) is 6.60. The van der Waals surface area contributed by atoms with Crippen LogP contribution in [0.15, 0.2) is 18.2 Å². The topological polar surface area (TPSA) is 126 Å². The summed E-state index contributed by atoms with van der Waals surface area (Å²) in [6, 6.07) is 2.82. The molecule has 1 aromatic carbocycles. The van der Waals surface area contributed by atoms with Gasteiger partial charge in [-0.3, -0.25) is 0 Å². The lowest BCUT2D eigenvalue weighted by atomic mass is 9.88. The van der Waals surface area contributed by atoms with Gasteiger partial charge in [-0.05, 0) is 55.7 Å². The van der Waals surface area contributed by atoms with Crippen LogP contribution in [0, 0.1) is 23.5 Å². The molecule has 2 heterocycles. The number of nitrogens with zero attached hydrogens (tertiary/aromatic N) is 1. The average Bonchev–Trinajstić information content (AvgIpc) is 3.10. The van der Waals surface area contributed by atoms with E-state index >= 15 is 0 Å². The molecule has 3 rings (SSSR count). The zero-order chi connectivity index (χ0) is 25.9. The van der Waals surface area contributed by atoms with Crippen molar-refractivity contribution in [2.75, 3.05) is 46.0 Å². The Bertz CT molecular complexity index is 833. The molecule has 202 valence electrons. The van der Waals surface area contributed by atoms with Crippen molar-refractivity contribution in [3.8, 4) is 0 Å². The first kappa shape index (κ1) is 28.1. The highest BCUT2D eigenvalue weighted by molar-refractivity contribution is 5.74. The van der Waals surface area contributed by atoms with Crippen molar-refractivity contribution < 1.29 is 33.0 Å². The lowest BCUT2D eigenvalue weighted by Gasteiger charge is -2.37. The third kappa shape index (κ3) is 9.18. The third-order valence-electron chi connectivity index (χ3n) is 6.72. The Morgan fingerprint density at radius 3 is 2.69 bits per heavy atom. The highest BCUT2D eigenvalue weighted by atomic mass is 19.1. The highest BCUT2D eigenvalue weighted by Crippen LogP contribution is 2.33. The van der Waals surface area contributed by atoms with Crippen molar-refractivity contribution in [1.82, 2.24) is 15.5 Å². The van der Waals surface area contributed by atoms with Crippen LogP contribution in [-0.2, 0) is 9.47 Å². The third-order valence-corrected chi connectivity index (χ3v) is 6.72. The molecule has 4 atom stereocenters. The molecule has 4 unspecified atom stereocenters. The normalized spacial score (nSPS) is 22.4. The Morgan fingerprint density at radius 1 is 1.17 bits per heavy atom. The molecule has 0 bridgehead atoms. The van der Waals surface area contributed by atoms with E-state index in [0.29, 0.717) is 50.6 Å². The molecule has 2 aliphatic heterocycles. The molecule has 1 aromatic rings. The molecule has 0 aliphatic carbocycles. The van der Waals surface area contributed by atoms with Crippen LogP contribution < -0.4 is 16.4 Å². The molecule has 9 nitrogen and oxygen atoms in total. The van der Waals surface area contributed by atoms with Gasteiger partial charge in [0.05, 0.1) is 12.7 Å². The lowest BCUT2D eigenvalue weighted by Crippen LogP contribution is -2.49. The number of urea groups is 1. The Morgan fingerprint density at radius 2 is 1.94 bits per heavy atom. The molecule has 2 fully saturated rings. The first-order valence-corrected chi connectivity index (χ1v) is 12.7. The number of carbonyl (C=O) groups excluding carboxylic acids is 1. The molecule has 0 radical (unpaired) electrons. The predicted octanol–water partition coefficient (Wildman–Crippen LogP) is 3.25. The van der Waals surface area contributed by atoms with E-state index in [-0.39, 0.29) is 31.1 Å². The summed E-state index contributed by atoms with van der Waals surface area (Å²) in [4.78, 5) is 25.3. The molecule has 2 saturated heterocycles. The first-order valence-electron chi connectivity index (χ1n) is 12.7. The van der Waals surface area contributed by atoms with Crippen LogP contribution >= 0.6 is 0 Å². The van der Waals surface area contributed by atoms with E-state index in [4.69, 9.17) is 20.3 Å². The van der Waals surface area contributed by atoms with Gasteiger partial charge >= 0.3 is 12.1 Å². The molecule has 2 aliphatic rings. The number of halogens is 2. The van der Waals surface area contributed by atoms with Gasteiger partial charge in [-0.15, -0.1) is 0 Å². The molecule has 0 aromatic heterocycles. The maximum atomic E-state index is 13.9. The lowest BCUT2D eigenvalue weighted by molar-refractivity contribution is -0.00867. The van der Waals surface area contributed by atoms with Crippen LogP contribution in [-0.4, -0.2) is 74.2 Å². The summed E-state index contributed by atoms with van der Waals surface area (Å²) >= 11 is 0. The fourth-order valence-electron chi connectivity index (χ4n) is 5.03. The number of likely N-dealkylation sites (tertiary alicyclic amines) is 1. The van der Waals surface area contributed by atoms with Crippen LogP contribution in [0.1, 0.15) is 50.2 Å². The van der Waals surface area contributed by atoms with Crippen molar-refractivity contribution in [2.24, 2.45) is 17.6 Å².